The number of amides is 1. The smallest absolute Gasteiger partial charge is 0.229 e. The standard InChI is InChI=1S/C15H13NO2/c1-18-14-10-9-11(5-4-8-15(16)17)12-6-2-3-7-13(12)14/h2-3,6-7,9-10H,8H2,1H3,(H2,16,17). The van der Waals surface area contributed by atoms with E-state index in [1.165, 1.54) is 0 Å². The number of rotatable bonds is 2. The van der Waals surface area contributed by atoms with Gasteiger partial charge in [0.1, 0.15) is 5.75 Å². The Hall–Kier alpha value is -2.47. The van der Waals surface area contributed by atoms with E-state index in [-0.39, 0.29) is 6.42 Å². The van der Waals surface area contributed by atoms with Crippen LogP contribution in [0, 0.1) is 11.8 Å². The fraction of sp³-hybridized carbons (Fsp3) is 0.133. The monoisotopic (exact) mass is 239 g/mol. The second-order valence-electron chi connectivity index (χ2n) is 3.81. The normalized spacial score (nSPS) is 9.61. The van der Waals surface area contributed by atoms with E-state index < -0.39 is 5.91 Å². The topological polar surface area (TPSA) is 52.3 Å². The van der Waals surface area contributed by atoms with Crippen molar-refractivity contribution in [1.29, 1.82) is 0 Å². The number of methoxy groups -OCH3 is 1. The third-order valence-electron chi connectivity index (χ3n) is 2.59. The zero-order chi connectivity index (χ0) is 13.0. The Kier molecular flexibility index (Phi) is 3.49. The first-order valence-electron chi connectivity index (χ1n) is 5.55. The Morgan fingerprint density at radius 2 is 1.94 bits per heavy atom. The van der Waals surface area contributed by atoms with Crippen molar-refractivity contribution in [3.63, 3.8) is 0 Å². The SMILES string of the molecule is COc1ccc(C#CCC(N)=O)c2ccccc12. The third kappa shape index (κ3) is 2.44. The predicted molar refractivity (Wildman–Crippen MR) is 71.2 cm³/mol. The van der Waals surface area contributed by atoms with Gasteiger partial charge in [0.05, 0.1) is 13.5 Å². The van der Waals surface area contributed by atoms with Crippen LogP contribution in [0.5, 0.6) is 5.75 Å². The third-order valence-corrected chi connectivity index (χ3v) is 2.59. The molecule has 0 bridgehead atoms. The summed E-state index contributed by atoms with van der Waals surface area (Å²) < 4.78 is 5.30. The number of benzene rings is 2. The van der Waals surface area contributed by atoms with Crippen molar-refractivity contribution in [2.45, 2.75) is 6.42 Å². The van der Waals surface area contributed by atoms with E-state index in [0.29, 0.717) is 0 Å². The van der Waals surface area contributed by atoms with Crippen molar-refractivity contribution in [3.8, 4) is 17.6 Å². The molecule has 0 unspecified atom stereocenters. The van der Waals surface area contributed by atoms with Crippen LogP contribution in [0.3, 0.4) is 0 Å². The minimum Gasteiger partial charge on any atom is -0.496 e. The Bertz CT molecular complexity index is 650. The molecule has 0 heterocycles. The lowest BCUT2D eigenvalue weighted by Crippen LogP contribution is -2.08. The van der Waals surface area contributed by atoms with E-state index >= 15 is 0 Å². The molecule has 0 aliphatic carbocycles. The van der Waals surface area contributed by atoms with Crippen molar-refractivity contribution in [1.82, 2.24) is 0 Å². The quantitative estimate of drug-likeness (QED) is 0.816. The first kappa shape index (κ1) is 12.0. The number of hydrogen-bond acceptors (Lipinski definition) is 2. The average molecular weight is 239 g/mol. The second kappa shape index (κ2) is 5.24. The summed E-state index contributed by atoms with van der Waals surface area (Å²) in [7, 11) is 1.64. The van der Waals surface area contributed by atoms with Gasteiger partial charge in [0.2, 0.25) is 5.91 Å². The predicted octanol–water partition coefficient (Wildman–Crippen LogP) is 2.08. The molecule has 0 saturated heterocycles. The molecule has 0 aliphatic heterocycles. The Labute approximate surface area is 106 Å². The summed E-state index contributed by atoms with van der Waals surface area (Å²) in [6.45, 7) is 0. The molecule has 0 spiro atoms. The van der Waals surface area contributed by atoms with Crippen LogP contribution in [0.1, 0.15) is 12.0 Å². The highest BCUT2D eigenvalue weighted by Gasteiger charge is 2.03. The summed E-state index contributed by atoms with van der Waals surface area (Å²) >= 11 is 0. The summed E-state index contributed by atoms with van der Waals surface area (Å²) in [5, 5.41) is 2.01. The molecule has 0 fully saturated rings. The molecule has 2 rings (SSSR count). The summed E-state index contributed by atoms with van der Waals surface area (Å²) in [6.07, 6.45) is 0.0698. The molecule has 0 radical (unpaired) electrons. The van der Waals surface area contributed by atoms with E-state index in [0.717, 1.165) is 22.1 Å². The van der Waals surface area contributed by atoms with E-state index in [1.54, 1.807) is 7.11 Å². The van der Waals surface area contributed by atoms with Crippen LogP contribution in [-0.4, -0.2) is 13.0 Å². The molecule has 90 valence electrons. The zero-order valence-electron chi connectivity index (χ0n) is 10.1. The van der Waals surface area contributed by atoms with Crippen molar-refractivity contribution in [3.05, 3.63) is 42.0 Å². The lowest BCUT2D eigenvalue weighted by atomic mass is 10.0. The lowest BCUT2D eigenvalue weighted by molar-refractivity contribution is -0.117. The maximum Gasteiger partial charge on any atom is 0.229 e. The molecule has 0 aliphatic rings. The lowest BCUT2D eigenvalue weighted by Gasteiger charge is -2.06. The van der Waals surface area contributed by atoms with Gasteiger partial charge in [-0.2, -0.15) is 0 Å². The molecule has 0 saturated carbocycles. The van der Waals surface area contributed by atoms with Crippen molar-refractivity contribution >= 4 is 16.7 Å². The van der Waals surface area contributed by atoms with Crippen LogP contribution in [0.2, 0.25) is 0 Å². The van der Waals surface area contributed by atoms with Gasteiger partial charge < -0.3 is 10.5 Å². The van der Waals surface area contributed by atoms with Gasteiger partial charge in [0, 0.05) is 16.3 Å². The highest BCUT2D eigenvalue weighted by atomic mass is 16.5. The van der Waals surface area contributed by atoms with Gasteiger partial charge in [-0.15, -0.1) is 0 Å². The van der Waals surface area contributed by atoms with Crippen LogP contribution < -0.4 is 10.5 Å². The summed E-state index contributed by atoms with van der Waals surface area (Å²) in [4.78, 5) is 10.7. The van der Waals surface area contributed by atoms with Crippen LogP contribution in [0.25, 0.3) is 10.8 Å². The Balaban J connectivity index is 2.51. The van der Waals surface area contributed by atoms with Gasteiger partial charge in [-0.3, -0.25) is 4.79 Å². The average Bonchev–Trinajstić information content (AvgIpc) is 2.38. The largest absolute Gasteiger partial charge is 0.496 e. The van der Waals surface area contributed by atoms with Gasteiger partial charge in [-0.05, 0) is 12.1 Å². The van der Waals surface area contributed by atoms with Crippen molar-refractivity contribution in [2.24, 2.45) is 5.73 Å². The maximum absolute atomic E-state index is 10.7. The first-order valence-corrected chi connectivity index (χ1v) is 5.55. The van der Waals surface area contributed by atoms with E-state index in [2.05, 4.69) is 11.8 Å². The second-order valence-corrected chi connectivity index (χ2v) is 3.81. The number of primary amides is 1. The molecule has 2 N–H and O–H groups in total. The molecule has 2 aromatic rings. The molecule has 2 aromatic carbocycles. The molecule has 0 atom stereocenters. The van der Waals surface area contributed by atoms with E-state index in [9.17, 15) is 4.79 Å². The molecule has 18 heavy (non-hydrogen) atoms. The number of carbonyl (C=O) groups excluding carboxylic acids is 1. The fourth-order valence-electron chi connectivity index (χ4n) is 1.78. The molecular formula is C15H13NO2. The van der Waals surface area contributed by atoms with Crippen LogP contribution >= 0.6 is 0 Å². The minimum atomic E-state index is -0.416. The number of carbonyl (C=O) groups is 1. The molecule has 1 amide bonds. The maximum atomic E-state index is 10.7. The van der Waals surface area contributed by atoms with Crippen molar-refractivity contribution < 1.29 is 9.53 Å². The van der Waals surface area contributed by atoms with Gasteiger partial charge >= 0.3 is 0 Å². The highest BCUT2D eigenvalue weighted by Crippen LogP contribution is 2.27. The van der Waals surface area contributed by atoms with Crippen LogP contribution in [0.15, 0.2) is 36.4 Å². The number of hydrogen-bond donors (Lipinski definition) is 1. The van der Waals surface area contributed by atoms with Gasteiger partial charge in [0.25, 0.3) is 0 Å². The minimum absolute atomic E-state index is 0.0698. The molecular weight excluding hydrogens is 226 g/mol. The van der Waals surface area contributed by atoms with Gasteiger partial charge in [-0.25, -0.2) is 0 Å². The van der Waals surface area contributed by atoms with E-state index in [4.69, 9.17) is 10.5 Å². The summed E-state index contributed by atoms with van der Waals surface area (Å²) in [5.74, 6) is 6.12. The number of nitrogens with two attached hydrogens (primary N) is 1. The highest BCUT2D eigenvalue weighted by molar-refractivity contribution is 5.93. The summed E-state index contributed by atoms with van der Waals surface area (Å²) in [6, 6.07) is 11.6. The zero-order valence-corrected chi connectivity index (χ0v) is 10.1. The molecule has 3 heteroatoms. The van der Waals surface area contributed by atoms with E-state index in [1.807, 2.05) is 36.4 Å². The Morgan fingerprint density at radius 3 is 2.61 bits per heavy atom. The Morgan fingerprint density at radius 1 is 1.22 bits per heavy atom. The van der Waals surface area contributed by atoms with Crippen LogP contribution in [0.4, 0.5) is 0 Å². The van der Waals surface area contributed by atoms with Crippen LogP contribution in [-0.2, 0) is 4.79 Å². The molecule has 3 nitrogen and oxygen atoms in total. The van der Waals surface area contributed by atoms with Crippen molar-refractivity contribution in [2.75, 3.05) is 7.11 Å². The number of ether oxygens (including phenoxy) is 1. The fourth-order valence-corrected chi connectivity index (χ4v) is 1.78. The molecule has 0 aromatic heterocycles. The number of fused-ring (bicyclic) bond motifs is 1. The summed E-state index contributed by atoms with van der Waals surface area (Å²) in [5.41, 5.74) is 5.92. The van der Waals surface area contributed by atoms with Gasteiger partial charge in [0.15, 0.2) is 0 Å². The first-order chi connectivity index (χ1) is 8.72. The van der Waals surface area contributed by atoms with Gasteiger partial charge in [-0.1, -0.05) is 36.1 Å².